The number of carboxylic acid groups (broad SMARTS) is 1. The van der Waals surface area contributed by atoms with Gasteiger partial charge in [-0.15, -0.1) is 0 Å². The maximum absolute atomic E-state index is 11.9. The average molecular weight is 339 g/mol. The Morgan fingerprint density at radius 1 is 1.08 bits per heavy atom. The van der Waals surface area contributed by atoms with Gasteiger partial charge in [0.15, 0.2) is 0 Å². The van der Waals surface area contributed by atoms with Crippen molar-refractivity contribution in [2.75, 3.05) is 6.61 Å². The molecule has 0 unspecified atom stereocenters. The second-order valence-electron chi connectivity index (χ2n) is 6.20. The molecule has 2 aromatic carbocycles. The lowest BCUT2D eigenvalue weighted by molar-refractivity contribution is -0.122. The lowest BCUT2D eigenvalue weighted by atomic mass is 9.93. The number of alkyl carbamates (subject to hydrolysis) is 1. The van der Waals surface area contributed by atoms with Crippen LogP contribution in [0.5, 0.6) is 0 Å². The van der Waals surface area contributed by atoms with Gasteiger partial charge in [-0.2, -0.15) is 0 Å². The van der Waals surface area contributed by atoms with Crippen LogP contribution in [0.2, 0.25) is 0 Å². The van der Waals surface area contributed by atoms with E-state index in [-0.39, 0.29) is 18.5 Å². The molecule has 2 aliphatic carbocycles. The lowest BCUT2D eigenvalue weighted by Crippen LogP contribution is -2.40. The third-order valence-corrected chi connectivity index (χ3v) is 4.77. The molecule has 0 saturated heterocycles. The van der Waals surface area contributed by atoms with Crippen LogP contribution < -0.4 is 5.32 Å². The topological polar surface area (TPSA) is 75.6 Å². The lowest BCUT2D eigenvalue weighted by Gasteiger charge is -2.26. The highest BCUT2D eigenvalue weighted by Gasteiger charge is 2.29. The number of nitrogens with one attached hydrogen (secondary N) is 1. The Kier molecular flexibility index (Phi) is 5.33. The average Bonchev–Trinajstić information content (AvgIpc) is 2.91. The van der Waals surface area contributed by atoms with Crippen LogP contribution in [0.15, 0.2) is 48.5 Å². The number of hydrogen-bond acceptors (Lipinski definition) is 3. The predicted octanol–water partition coefficient (Wildman–Crippen LogP) is 3.78. The smallest absolute Gasteiger partial charge is 0.407 e. The van der Waals surface area contributed by atoms with E-state index in [0.717, 1.165) is 12.8 Å². The highest BCUT2D eigenvalue weighted by molar-refractivity contribution is 5.79. The molecular weight excluding hydrogens is 318 g/mol. The Balaban J connectivity index is 0.000000569. The van der Waals surface area contributed by atoms with Gasteiger partial charge in [-0.05, 0) is 41.5 Å². The van der Waals surface area contributed by atoms with E-state index in [1.54, 1.807) is 0 Å². The molecular formula is C20H21NO4. The molecule has 5 nitrogen and oxygen atoms in total. The van der Waals surface area contributed by atoms with Gasteiger partial charge in [-0.3, -0.25) is 4.79 Å². The molecule has 5 heteroatoms. The molecule has 2 N–H and O–H groups in total. The largest absolute Gasteiger partial charge is 0.483 e. The van der Waals surface area contributed by atoms with E-state index in [4.69, 9.17) is 14.6 Å². The second kappa shape index (κ2) is 7.83. The van der Waals surface area contributed by atoms with Gasteiger partial charge in [-0.1, -0.05) is 48.5 Å². The summed E-state index contributed by atoms with van der Waals surface area (Å²) >= 11 is 0. The van der Waals surface area contributed by atoms with E-state index in [1.165, 1.54) is 28.7 Å². The van der Waals surface area contributed by atoms with E-state index in [1.807, 2.05) is 12.1 Å². The number of hydrogen-bond donors (Lipinski definition) is 2. The van der Waals surface area contributed by atoms with Crippen molar-refractivity contribution in [3.05, 3.63) is 59.7 Å². The molecule has 0 atom stereocenters. The number of benzene rings is 2. The number of amides is 1. The van der Waals surface area contributed by atoms with E-state index in [2.05, 4.69) is 41.7 Å². The van der Waals surface area contributed by atoms with Crippen molar-refractivity contribution < 1.29 is 19.4 Å². The summed E-state index contributed by atoms with van der Waals surface area (Å²) in [7, 11) is 0. The summed E-state index contributed by atoms with van der Waals surface area (Å²) < 4.78 is 5.50. The molecule has 1 saturated carbocycles. The van der Waals surface area contributed by atoms with Crippen LogP contribution >= 0.6 is 0 Å². The van der Waals surface area contributed by atoms with E-state index in [0.29, 0.717) is 12.6 Å². The first-order valence-electron chi connectivity index (χ1n) is 8.44. The normalized spacial score (nSPS) is 15.0. The number of ether oxygens (including phenoxy) is 1. The van der Waals surface area contributed by atoms with Crippen LogP contribution in [0.1, 0.15) is 36.3 Å². The first kappa shape index (κ1) is 17.0. The van der Waals surface area contributed by atoms with Gasteiger partial charge in [-0.25, -0.2) is 4.79 Å². The first-order chi connectivity index (χ1) is 12.2. The molecule has 0 aliphatic heterocycles. The molecule has 1 fully saturated rings. The molecule has 0 radical (unpaired) electrons. The van der Waals surface area contributed by atoms with Crippen LogP contribution in [0, 0.1) is 0 Å². The first-order valence-corrected chi connectivity index (χ1v) is 8.44. The summed E-state index contributed by atoms with van der Waals surface area (Å²) in [5.41, 5.74) is 5.01. The van der Waals surface area contributed by atoms with Crippen LogP contribution in [-0.2, 0) is 9.53 Å². The zero-order valence-corrected chi connectivity index (χ0v) is 13.9. The molecule has 1 amide bonds. The van der Waals surface area contributed by atoms with Gasteiger partial charge in [0.05, 0.1) is 0 Å². The maximum atomic E-state index is 11.9. The summed E-state index contributed by atoms with van der Waals surface area (Å²) in [6, 6.07) is 17.1. The Morgan fingerprint density at radius 2 is 1.60 bits per heavy atom. The fourth-order valence-corrected chi connectivity index (χ4v) is 3.36. The van der Waals surface area contributed by atoms with Crippen molar-refractivity contribution in [3.8, 4) is 11.1 Å². The third-order valence-electron chi connectivity index (χ3n) is 4.77. The SMILES string of the molecule is O=C(NC1CCC1)OCC1c2ccccc2-c2ccccc21.O=CO. The summed E-state index contributed by atoms with van der Waals surface area (Å²) in [4.78, 5) is 20.3. The zero-order valence-electron chi connectivity index (χ0n) is 13.9. The van der Waals surface area contributed by atoms with E-state index >= 15 is 0 Å². The van der Waals surface area contributed by atoms with Gasteiger partial charge >= 0.3 is 6.09 Å². The predicted molar refractivity (Wildman–Crippen MR) is 94.5 cm³/mol. The van der Waals surface area contributed by atoms with Gasteiger partial charge in [0.2, 0.25) is 0 Å². The van der Waals surface area contributed by atoms with E-state index < -0.39 is 0 Å². The Bertz CT molecular complexity index is 709. The highest BCUT2D eigenvalue weighted by Crippen LogP contribution is 2.44. The third kappa shape index (κ3) is 3.65. The van der Waals surface area contributed by atoms with Crippen molar-refractivity contribution in [1.29, 1.82) is 0 Å². The van der Waals surface area contributed by atoms with Gasteiger partial charge in [0, 0.05) is 12.0 Å². The molecule has 0 spiro atoms. The number of rotatable bonds is 3. The number of carbonyl (C=O) groups is 2. The summed E-state index contributed by atoms with van der Waals surface area (Å²) in [5, 5.41) is 9.82. The zero-order chi connectivity index (χ0) is 17.6. The minimum Gasteiger partial charge on any atom is -0.483 e. The van der Waals surface area contributed by atoms with Crippen LogP contribution in [0.4, 0.5) is 4.79 Å². The standard InChI is InChI=1S/C19H19NO2.CH2O2/c21-19(20-13-6-5-7-13)22-12-18-16-10-3-1-8-14(16)15-9-2-4-11-17(15)18;2-1-3/h1-4,8-11,13,18H,5-7,12H2,(H,20,21);1H,(H,2,3). The van der Waals surface area contributed by atoms with Crippen molar-refractivity contribution in [1.82, 2.24) is 5.32 Å². The molecule has 130 valence electrons. The van der Waals surface area contributed by atoms with Gasteiger partial charge in [0.25, 0.3) is 6.47 Å². The van der Waals surface area contributed by atoms with Crippen LogP contribution in [0.3, 0.4) is 0 Å². The van der Waals surface area contributed by atoms with Crippen molar-refractivity contribution in [2.45, 2.75) is 31.2 Å². The number of fused-ring (bicyclic) bond motifs is 3. The molecule has 2 aromatic rings. The minimum absolute atomic E-state index is 0.138. The van der Waals surface area contributed by atoms with Crippen molar-refractivity contribution in [3.63, 3.8) is 0 Å². The Morgan fingerprint density at radius 3 is 2.08 bits per heavy atom. The molecule has 0 heterocycles. The Hall–Kier alpha value is -2.82. The van der Waals surface area contributed by atoms with Gasteiger partial charge in [0.1, 0.15) is 6.61 Å². The van der Waals surface area contributed by atoms with Crippen molar-refractivity contribution in [2.24, 2.45) is 0 Å². The van der Waals surface area contributed by atoms with Crippen LogP contribution in [0.25, 0.3) is 11.1 Å². The summed E-state index contributed by atoms with van der Waals surface area (Å²) in [6.07, 6.45) is 3.06. The van der Waals surface area contributed by atoms with Gasteiger partial charge < -0.3 is 15.2 Å². The molecule has 2 aliphatic rings. The monoisotopic (exact) mass is 339 g/mol. The maximum Gasteiger partial charge on any atom is 0.407 e. The highest BCUT2D eigenvalue weighted by atomic mass is 16.5. The summed E-state index contributed by atoms with van der Waals surface area (Å²) in [6.45, 7) is 0.145. The fourth-order valence-electron chi connectivity index (χ4n) is 3.36. The second-order valence-corrected chi connectivity index (χ2v) is 6.20. The summed E-state index contributed by atoms with van der Waals surface area (Å²) in [5.74, 6) is 0.138. The quantitative estimate of drug-likeness (QED) is 0.835. The van der Waals surface area contributed by atoms with Crippen LogP contribution in [-0.4, -0.2) is 30.3 Å². The minimum atomic E-state index is -0.286. The number of carbonyl (C=O) groups excluding carboxylic acids is 1. The molecule has 0 aromatic heterocycles. The molecule has 4 rings (SSSR count). The molecule has 0 bridgehead atoms. The molecule has 25 heavy (non-hydrogen) atoms. The van der Waals surface area contributed by atoms with E-state index in [9.17, 15) is 4.79 Å². The fraction of sp³-hybridized carbons (Fsp3) is 0.300. The Labute approximate surface area is 146 Å². The van der Waals surface area contributed by atoms with Crippen molar-refractivity contribution >= 4 is 12.6 Å².